The average Bonchev–Trinajstić information content (AvgIpc) is 3.59. The lowest BCUT2D eigenvalue weighted by Gasteiger charge is -2.39. The van der Waals surface area contributed by atoms with E-state index in [2.05, 4.69) is 26.6 Å². The molecule has 69 heavy (non-hydrogen) atoms. The van der Waals surface area contributed by atoms with E-state index in [1.54, 1.807) is 13.8 Å². The van der Waals surface area contributed by atoms with Crippen LogP contribution in [-0.4, -0.2) is 187 Å². The molecule has 2 aliphatic heterocycles. The van der Waals surface area contributed by atoms with Crippen LogP contribution in [-0.2, 0) is 74.0 Å². The zero-order chi connectivity index (χ0) is 51.5. The van der Waals surface area contributed by atoms with Gasteiger partial charge in [0.1, 0.15) is 55.2 Å². The van der Waals surface area contributed by atoms with Crippen LogP contribution in [0, 0.1) is 5.41 Å². The Bertz CT molecular complexity index is 2100. The van der Waals surface area contributed by atoms with Crippen LogP contribution in [0.1, 0.15) is 58.9 Å². The second-order valence-electron chi connectivity index (χ2n) is 17.1. The molecule has 10 N–H and O–H groups in total. The van der Waals surface area contributed by atoms with Gasteiger partial charge in [-0.05, 0) is 44.4 Å². The Morgan fingerprint density at radius 3 is 2.20 bits per heavy atom. The number of aliphatic hydroxyl groups excluding tert-OH is 4. The van der Waals surface area contributed by atoms with Gasteiger partial charge in [0.25, 0.3) is 28.4 Å². The molecule has 1 aromatic rings. The quantitative estimate of drug-likeness (QED) is 0.0155. The first-order valence-electron chi connectivity index (χ1n) is 21.6. The summed E-state index contributed by atoms with van der Waals surface area (Å²) >= 11 is 0. The van der Waals surface area contributed by atoms with Crippen LogP contribution < -0.4 is 31.3 Å². The third-order valence-corrected chi connectivity index (χ3v) is 11.3. The van der Waals surface area contributed by atoms with E-state index >= 15 is 0 Å². The third kappa shape index (κ3) is 19.7. The molecule has 0 aliphatic carbocycles. The summed E-state index contributed by atoms with van der Waals surface area (Å²) in [5, 5.41) is 52.5. The van der Waals surface area contributed by atoms with Gasteiger partial charge >= 0.3 is 0 Å². The summed E-state index contributed by atoms with van der Waals surface area (Å²) in [6.07, 6.45) is -5.63. The van der Waals surface area contributed by atoms with Crippen LogP contribution in [0.15, 0.2) is 30.4 Å². The van der Waals surface area contributed by atoms with E-state index in [1.165, 1.54) is 32.0 Å². The van der Waals surface area contributed by atoms with Gasteiger partial charge in [-0.1, -0.05) is 19.9 Å². The number of nitrogens with one attached hydrogen (secondary N) is 5. The lowest BCUT2D eigenvalue weighted by molar-refractivity contribution is -0.277. The summed E-state index contributed by atoms with van der Waals surface area (Å²) in [6.45, 7) is 4.89. The largest absolute Gasteiger partial charge is 0.463 e. The maximum absolute atomic E-state index is 13.3. The highest BCUT2D eigenvalue weighted by Crippen LogP contribution is 2.31. The SMILES string of the molecule is CC(C)(CCNC(=O)CCN1C(=O)C=CC1=O)OCCC(C)(C)C(=O)N[C@H](CS(=O)(=O)O)C(=O)NCCOCC(=O)NCCC(=O)Nc1cc(COC=O)ccc1O[C@@H]1O[C@H](CO)[C@H](O)[C@H](O)[C@H]1O. The number of benzene rings is 1. The van der Waals surface area contributed by atoms with Crippen molar-refractivity contribution < 1.29 is 95.4 Å². The zero-order valence-electron chi connectivity index (χ0n) is 38.5. The minimum Gasteiger partial charge on any atom is -0.463 e. The van der Waals surface area contributed by atoms with E-state index < -0.39 is 112 Å². The van der Waals surface area contributed by atoms with Crippen molar-refractivity contribution in [3.8, 4) is 5.75 Å². The molecule has 1 saturated heterocycles. The Morgan fingerprint density at radius 1 is 0.870 bits per heavy atom. The molecular weight excluding hydrogens is 941 g/mol. The van der Waals surface area contributed by atoms with E-state index in [0.717, 1.165) is 17.1 Å². The Labute approximate surface area is 397 Å². The van der Waals surface area contributed by atoms with E-state index in [0.29, 0.717) is 12.0 Å². The molecule has 3 rings (SSSR count). The van der Waals surface area contributed by atoms with Crippen LogP contribution in [0.25, 0.3) is 0 Å². The molecule has 27 heteroatoms. The van der Waals surface area contributed by atoms with Gasteiger partial charge in [0.15, 0.2) is 0 Å². The van der Waals surface area contributed by atoms with Crippen molar-refractivity contribution in [2.45, 2.75) is 102 Å². The number of hydrogen-bond acceptors (Lipinski definition) is 19. The van der Waals surface area contributed by atoms with Gasteiger partial charge < -0.3 is 70.7 Å². The standard InChI is InChI=1S/C42H62N6O20S/c1-41(2,12-17-66-42(3,4)11-14-44-30(51)10-16-48-33(54)7-8-34(48)55)40(60)47-27(23-69(61,62)63)38(59)45-15-18-64-22-32(53)43-13-9-31(52)46-26-19-25(21-65-24-50)5-6-28(26)67-39-37(58)36(57)35(56)29(20-49)68-39/h5-8,19,24,27,29,35-37,39,49,56-58H,9-18,20-23H2,1-4H3,(H,43,53)(H,44,51)(H,45,59)(H,46,52)(H,47,60)(H,61,62,63)/t27-,29-,35+,36+,37-,39-/m1/s1. The van der Waals surface area contributed by atoms with Gasteiger partial charge in [0.2, 0.25) is 35.8 Å². The molecule has 0 radical (unpaired) electrons. The lowest BCUT2D eigenvalue weighted by atomic mass is 9.88. The summed E-state index contributed by atoms with van der Waals surface area (Å²) in [5.41, 5.74) is -1.55. The van der Waals surface area contributed by atoms with Crippen LogP contribution >= 0.6 is 0 Å². The third-order valence-electron chi connectivity index (χ3n) is 10.5. The van der Waals surface area contributed by atoms with Crippen LogP contribution in [0.3, 0.4) is 0 Å². The van der Waals surface area contributed by atoms with Crippen molar-refractivity contribution in [3.05, 3.63) is 35.9 Å². The Kier molecular flexibility index (Phi) is 22.5. The lowest BCUT2D eigenvalue weighted by Crippen LogP contribution is -2.60. The van der Waals surface area contributed by atoms with Crippen molar-refractivity contribution >= 4 is 63.6 Å². The number of anilines is 1. The number of carbonyl (C=O) groups is 8. The number of nitrogens with zero attached hydrogens (tertiary/aromatic N) is 1. The maximum Gasteiger partial charge on any atom is 0.293 e. The van der Waals surface area contributed by atoms with Gasteiger partial charge in [0, 0.05) is 63.2 Å². The fraction of sp³-hybridized carbons (Fsp3) is 0.619. The zero-order valence-corrected chi connectivity index (χ0v) is 39.4. The van der Waals surface area contributed by atoms with Crippen molar-refractivity contribution in [3.63, 3.8) is 0 Å². The number of ether oxygens (including phenoxy) is 5. The first-order valence-corrected chi connectivity index (χ1v) is 23.2. The molecule has 26 nitrogen and oxygen atoms in total. The average molecular weight is 1000 g/mol. The molecule has 0 unspecified atom stereocenters. The summed E-state index contributed by atoms with van der Waals surface area (Å²) in [4.78, 5) is 98.7. The summed E-state index contributed by atoms with van der Waals surface area (Å²) in [6, 6.07) is 2.48. The van der Waals surface area contributed by atoms with E-state index in [9.17, 15) is 71.8 Å². The highest BCUT2D eigenvalue weighted by molar-refractivity contribution is 7.85. The van der Waals surface area contributed by atoms with Gasteiger partial charge in [-0.15, -0.1) is 0 Å². The number of carbonyl (C=O) groups excluding carboxylic acids is 8. The first-order chi connectivity index (χ1) is 32.4. The molecule has 0 aromatic heterocycles. The minimum absolute atomic E-state index is 0.0105. The molecule has 0 bridgehead atoms. The summed E-state index contributed by atoms with van der Waals surface area (Å²) in [7, 11) is -4.76. The molecule has 386 valence electrons. The maximum atomic E-state index is 13.3. The minimum atomic E-state index is -4.76. The fourth-order valence-electron chi connectivity index (χ4n) is 6.37. The predicted molar refractivity (Wildman–Crippen MR) is 237 cm³/mol. The fourth-order valence-corrected chi connectivity index (χ4v) is 7.03. The van der Waals surface area contributed by atoms with Gasteiger partial charge in [-0.2, -0.15) is 8.42 Å². The number of amides is 7. The Balaban J connectivity index is 1.40. The normalized spacial score (nSPS) is 19.9. The van der Waals surface area contributed by atoms with Gasteiger partial charge in [-0.3, -0.25) is 47.8 Å². The van der Waals surface area contributed by atoms with E-state index in [4.69, 9.17) is 23.7 Å². The molecule has 2 heterocycles. The monoisotopic (exact) mass is 1000 g/mol. The molecule has 6 atom stereocenters. The van der Waals surface area contributed by atoms with Crippen molar-refractivity contribution in [2.75, 3.05) is 63.7 Å². The van der Waals surface area contributed by atoms with Crippen molar-refractivity contribution in [1.82, 2.24) is 26.2 Å². The number of rotatable bonds is 30. The molecule has 7 amide bonds. The van der Waals surface area contributed by atoms with Crippen LogP contribution in [0.5, 0.6) is 5.75 Å². The topological polar surface area (TPSA) is 381 Å². The van der Waals surface area contributed by atoms with Crippen LogP contribution in [0.4, 0.5) is 5.69 Å². The second-order valence-corrected chi connectivity index (χ2v) is 18.6. The van der Waals surface area contributed by atoms with E-state index in [-0.39, 0.29) is 89.1 Å². The molecule has 1 aromatic carbocycles. The number of hydrogen-bond donors (Lipinski definition) is 10. The summed E-state index contributed by atoms with van der Waals surface area (Å²) in [5.74, 6) is -5.58. The highest BCUT2D eigenvalue weighted by atomic mass is 32.2. The van der Waals surface area contributed by atoms with Gasteiger partial charge in [0.05, 0.1) is 24.5 Å². The summed E-state index contributed by atoms with van der Waals surface area (Å²) < 4.78 is 60.0. The smallest absolute Gasteiger partial charge is 0.293 e. The predicted octanol–water partition coefficient (Wildman–Crippen LogP) is -3.48. The Morgan fingerprint density at radius 2 is 1.55 bits per heavy atom. The number of aliphatic hydroxyl groups is 4. The molecule has 0 saturated carbocycles. The van der Waals surface area contributed by atoms with Crippen molar-refractivity contribution in [2.24, 2.45) is 5.41 Å². The first kappa shape index (κ1) is 57.7. The Hall–Kier alpha value is -5.65. The van der Waals surface area contributed by atoms with Crippen molar-refractivity contribution in [1.29, 1.82) is 0 Å². The second kappa shape index (κ2) is 26.9. The molecular formula is C42H62N6O20S. The van der Waals surface area contributed by atoms with E-state index in [1.807, 2.05) is 0 Å². The van der Waals surface area contributed by atoms with Gasteiger partial charge in [-0.25, -0.2) is 0 Å². The molecule has 0 spiro atoms. The molecule has 2 aliphatic rings. The molecule has 1 fully saturated rings. The highest BCUT2D eigenvalue weighted by Gasteiger charge is 2.45. The number of imide groups is 1. The van der Waals surface area contributed by atoms with Crippen LogP contribution in [0.2, 0.25) is 0 Å².